The van der Waals surface area contributed by atoms with Gasteiger partial charge in [-0.2, -0.15) is 0 Å². The molecule has 7 heteroatoms. The van der Waals surface area contributed by atoms with Crippen molar-refractivity contribution in [2.45, 2.75) is 39.8 Å². The van der Waals surface area contributed by atoms with Crippen LogP contribution in [0.3, 0.4) is 0 Å². The van der Waals surface area contributed by atoms with Gasteiger partial charge in [-0.05, 0) is 12.1 Å². The van der Waals surface area contributed by atoms with E-state index >= 15 is 0 Å². The summed E-state index contributed by atoms with van der Waals surface area (Å²) in [5.41, 5.74) is 10.2. The first-order chi connectivity index (χ1) is 3.46. The van der Waals surface area contributed by atoms with Crippen LogP contribution in [0, 0.1) is 0 Å². The van der Waals surface area contributed by atoms with E-state index in [1.807, 2.05) is 27.7 Å². The van der Waals surface area contributed by atoms with Crippen molar-refractivity contribution in [2.24, 2.45) is 11.5 Å². The molecule has 0 saturated heterocycles. The molecule has 0 bridgehead atoms. The van der Waals surface area contributed by atoms with Crippen molar-refractivity contribution in [1.29, 1.82) is 0 Å². The molecule has 0 radical (unpaired) electrons. The first-order valence-electron chi connectivity index (χ1n) is 2.98. The van der Waals surface area contributed by atoms with Crippen molar-refractivity contribution in [3.05, 3.63) is 0 Å². The van der Waals surface area contributed by atoms with Gasteiger partial charge in [-0.1, -0.05) is 27.7 Å². The van der Waals surface area contributed by atoms with Gasteiger partial charge in [0.1, 0.15) is 0 Å². The molecule has 0 saturated carbocycles. The summed E-state index contributed by atoms with van der Waals surface area (Å²) in [4.78, 5) is 0. The SMILES string of the molecule is CC(C)N.CC(C)N.[Cl-].[Cl-].[OH-].[OH-].[Pt+4]. The van der Waals surface area contributed by atoms with E-state index in [0.29, 0.717) is 12.1 Å². The third-order valence-corrected chi connectivity index (χ3v) is 0. The second-order valence-electron chi connectivity index (χ2n) is 2.49. The van der Waals surface area contributed by atoms with Crippen LogP contribution in [0.15, 0.2) is 0 Å². The molecule has 0 atom stereocenters. The fraction of sp³-hybridized carbons (Fsp3) is 1.00. The normalized spacial score (nSPS) is 5.54. The molecule has 0 aliphatic heterocycles. The number of hydrogen-bond acceptors (Lipinski definition) is 4. The molecule has 0 heterocycles. The van der Waals surface area contributed by atoms with E-state index in [1.165, 1.54) is 0 Å². The Labute approximate surface area is 108 Å². The third-order valence-electron chi connectivity index (χ3n) is 0. The van der Waals surface area contributed by atoms with E-state index in [2.05, 4.69) is 0 Å². The van der Waals surface area contributed by atoms with Gasteiger partial charge in [0, 0.05) is 0 Å². The van der Waals surface area contributed by atoms with Crippen LogP contribution in [0.2, 0.25) is 0 Å². The molecular formula is C6H20Cl2N2O2Pt. The molecule has 13 heavy (non-hydrogen) atoms. The Morgan fingerprint density at radius 2 is 0.692 bits per heavy atom. The van der Waals surface area contributed by atoms with Gasteiger partial charge < -0.3 is 47.2 Å². The van der Waals surface area contributed by atoms with E-state index in [9.17, 15) is 0 Å². The van der Waals surface area contributed by atoms with E-state index in [4.69, 9.17) is 11.5 Å². The molecule has 0 spiro atoms. The number of hydrogen-bond donors (Lipinski definition) is 2. The Morgan fingerprint density at radius 3 is 0.692 bits per heavy atom. The third kappa shape index (κ3) is 1320. The van der Waals surface area contributed by atoms with E-state index in [1.54, 1.807) is 0 Å². The fourth-order valence-corrected chi connectivity index (χ4v) is 0. The molecule has 0 unspecified atom stereocenters. The molecule has 4 nitrogen and oxygen atoms in total. The molecule has 0 aliphatic carbocycles. The minimum atomic E-state index is 0. The maximum atomic E-state index is 5.11. The van der Waals surface area contributed by atoms with Crippen molar-refractivity contribution < 1.29 is 56.8 Å². The zero-order valence-corrected chi connectivity index (χ0v) is 12.1. The molecule has 0 fully saturated rings. The second kappa shape index (κ2) is 38.0. The monoisotopic (exact) mass is 417 g/mol. The van der Waals surface area contributed by atoms with Gasteiger partial charge in [0.25, 0.3) is 0 Å². The van der Waals surface area contributed by atoms with Gasteiger partial charge >= 0.3 is 21.1 Å². The van der Waals surface area contributed by atoms with Gasteiger partial charge in [0.2, 0.25) is 0 Å². The van der Waals surface area contributed by atoms with Crippen LogP contribution in [-0.4, -0.2) is 23.0 Å². The van der Waals surface area contributed by atoms with E-state index < -0.39 is 0 Å². The van der Waals surface area contributed by atoms with Crippen LogP contribution in [-0.2, 0) is 21.1 Å². The smallest absolute Gasteiger partial charge is 1.00 e. The predicted molar refractivity (Wildman–Crippen MR) is 42.5 cm³/mol. The Morgan fingerprint density at radius 1 is 0.692 bits per heavy atom. The Bertz CT molecular complexity index is 42.1. The molecule has 90 valence electrons. The van der Waals surface area contributed by atoms with Crippen molar-refractivity contribution >= 4 is 0 Å². The molecule has 0 aliphatic rings. The van der Waals surface area contributed by atoms with Gasteiger partial charge in [0.15, 0.2) is 0 Å². The molecule has 0 rings (SSSR count). The maximum Gasteiger partial charge on any atom is 4.00 e. The molecule has 0 aromatic heterocycles. The van der Waals surface area contributed by atoms with Gasteiger partial charge in [-0.25, -0.2) is 0 Å². The van der Waals surface area contributed by atoms with Crippen LogP contribution in [0.4, 0.5) is 0 Å². The van der Waals surface area contributed by atoms with Gasteiger partial charge in [-0.15, -0.1) is 0 Å². The van der Waals surface area contributed by atoms with Crippen molar-refractivity contribution in [3.63, 3.8) is 0 Å². The van der Waals surface area contributed by atoms with Gasteiger partial charge in [-0.3, -0.25) is 0 Å². The summed E-state index contributed by atoms with van der Waals surface area (Å²) in [7, 11) is 0. The fourth-order valence-electron chi connectivity index (χ4n) is 0. The standard InChI is InChI=1S/2C3H9N.2ClH.2H2O.Pt/c2*1-3(2)4;;;;;/h2*3H,4H2,1-2H3;2*1H;2*1H2;/q;;;;;;+4/p-4. The van der Waals surface area contributed by atoms with Crippen LogP contribution >= 0.6 is 0 Å². The van der Waals surface area contributed by atoms with Crippen LogP contribution in [0.5, 0.6) is 0 Å². The second-order valence-corrected chi connectivity index (χ2v) is 2.49. The summed E-state index contributed by atoms with van der Waals surface area (Å²) in [6, 6.07) is 0.667. The van der Waals surface area contributed by atoms with Crippen LogP contribution < -0.4 is 36.3 Å². The summed E-state index contributed by atoms with van der Waals surface area (Å²) in [5, 5.41) is 0. The minimum Gasteiger partial charge on any atom is -1.00 e. The van der Waals surface area contributed by atoms with Crippen molar-refractivity contribution in [2.75, 3.05) is 0 Å². The van der Waals surface area contributed by atoms with E-state index in [0.717, 1.165) is 0 Å². The van der Waals surface area contributed by atoms with Crippen molar-refractivity contribution in [1.82, 2.24) is 0 Å². The summed E-state index contributed by atoms with van der Waals surface area (Å²) in [6.45, 7) is 7.78. The van der Waals surface area contributed by atoms with Crippen LogP contribution in [0.1, 0.15) is 27.7 Å². The van der Waals surface area contributed by atoms with Crippen molar-refractivity contribution in [3.8, 4) is 0 Å². The average molecular weight is 418 g/mol. The minimum absolute atomic E-state index is 0. The van der Waals surface area contributed by atoms with E-state index in [-0.39, 0.29) is 56.8 Å². The predicted octanol–water partition coefficient (Wildman–Crippen LogP) is -5.64. The summed E-state index contributed by atoms with van der Waals surface area (Å²) in [5.74, 6) is 0. The summed E-state index contributed by atoms with van der Waals surface area (Å²) in [6.07, 6.45) is 0. The number of nitrogens with two attached hydrogens (primary N) is 2. The average Bonchev–Trinajstić information content (AvgIpc) is 1.25. The molecule has 0 aromatic rings. The first kappa shape index (κ1) is 48.0. The quantitative estimate of drug-likeness (QED) is 0.409. The Balaban J connectivity index is -0.00000000800. The molecular weight excluding hydrogens is 398 g/mol. The molecule has 6 N–H and O–H groups in total. The Kier molecular flexibility index (Phi) is 140. The zero-order valence-electron chi connectivity index (χ0n) is 8.28. The Hall–Kier alpha value is 1.11. The summed E-state index contributed by atoms with van der Waals surface area (Å²) >= 11 is 0. The van der Waals surface area contributed by atoms with Gasteiger partial charge in [0.05, 0.1) is 0 Å². The number of rotatable bonds is 0. The maximum absolute atomic E-state index is 5.11. The number of halogens is 2. The molecule has 0 aromatic carbocycles. The summed E-state index contributed by atoms with van der Waals surface area (Å²) < 4.78 is 0. The zero-order chi connectivity index (χ0) is 7.15. The first-order valence-corrected chi connectivity index (χ1v) is 2.98. The van der Waals surface area contributed by atoms with Crippen LogP contribution in [0.25, 0.3) is 0 Å². The largest absolute Gasteiger partial charge is 4.00 e. The topological polar surface area (TPSA) is 112 Å². The molecule has 0 amide bonds.